The second-order valence-electron chi connectivity index (χ2n) is 7.63. The van der Waals surface area contributed by atoms with Crippen LogP contribution in [0.25, 0.3) is 0 Å². The minimum absolute atomic E-state index is 0.0465. The van der Waals surface area contributed by atoms with E-state index in [1.165, 1.54) is 0 Å². The van der Waals surface area contributed by atoms with Gasteiger partial charge in [-0.25, -0.2) is 4.98 Å². The Morgan fingerprint density at radius 3 is 2.79 bits per heavy atom. The van der Waals surface area contributed by atoms with Crippen LogP contribution >= 0.6 is 11.3 Å². The van der Waals surface area contributed by atoms with Crippen LogP contribution in [0.15, 0.2) is 17.8 Å². The molecule has 0 radical (unpaired) electrons. The van der Waals surface area contributed by atoms with Crippen molar-refractivity contribution in [3.05, 3.63) is 34.0 Å². The molecule has 130 valence electrons. The molecular weight excluding hydrogens is 320 g/mol. The van der Waals surface area contributed by atoms with Gasteiger partial charge in [0.25, 0.3) is 0 Å². The maximum absolute atomic E-state index is 12.8. The summed E-state index contributed by atoms with van der Waals surface area (Å²) >= 11 is 1.69. The highest BCUT2D eigenvalue weighted by Crippen LogP contribution is 2.35. The normalized spacial score (nSPS) is 18.8. The van der Waals surface area contributed by atoms with Crippen LogP contribution in [0, 0.1) is 6.92 Å². The Labute approximate surface area is 147 Å². The van der Waals surface area contributed by atoms with E-state index in [1.54, 1.807) is 22.2 Å². The number of likely N-dealkylation sites (tertiary alicyclic amines) is 1. The van der Waals surface area contributed by atoms with E-state index >= 15 is 0 Å². The van der Waals surface area contributed by atoms with Crippen molar-refractivity contribution in [2.75, 3.05) is 6.54 Å². The standard InChI is InChI=1S/C18H26N4OS/c1-13-9-19-21(10-13)11-16(23)22-8-6-5-7-14(22)17-20-15(12-24-17)18(2,3)4/h9-10,12,14H,5-8,11H2,1-4H3/t14-/m1/s1. The smallest absolute Gasteiger partial charge is 0.244 e. The van der Waals surface area contributed by atoms with Crippen LogP contribution in [-0.4, -0.2) is 32.1 Å². The molecular formula is C18H26N4OS. The predicted molar refractivity (Wildman–Crippen MR) is 96.1 cm³/mol. The van der Waals surface area contributed by atoms with E-state index in [0.717, 1.165) is 42.1 Å². The van der Waals surface area contributed by atoms with Gasteiger partial charge in [0.1, 0.15) is 11.6 Å². The maximum atomic E-state index is 12.8. The van der Waals surface area contributed by atoms with E-state index in [4.69, 9.17) is 4.98 Å². The first kappa shape index (κ1) is 17.1. The first-order valence-corrected chi connectivity index (χ1v) is 9.47. The molecule has 6 heteroatoms. The molecule has 1 atom stereocenters. The van der Waals surface area contributed by atoms with Crippen LogP contribution in [0.4, 0.5) is 0 Å². The van der Waals surface area contributed by atoms with Gasteiger partial charge < -0.3 is 4.90 Å². The lowest BCUT2D eigenvalue weighted by Gasteiger charge is -2.34. The molecule has 1 fully saturated rings. The monoisotopic (exact) mass is 346 g/mol. The van der Waals surface area contributed by atoms with Crippen LogP contribution < -0.4 is 0 Å². The summed E-state index contributed by atoms with van der Waals surface area (Å²) in [6.07, 6.45) is 6.92. The quantitative estimate of drug-likeness (QED) is 0.851. The molecule has 5 nitrogen and oxygen atoms in total. The largest absolute Gasteiger partial charge is 0.332 e. The zero-order chi connectivity index (χ0) is 17.3. The van der Waals surface area contributed by atoms with Gasteiger partial charge in [-0.2, -0.15) is 5.10 Å². The van der Waals surface area contributed by atoms with Crippen LogP contribution in [0.5, 0.6) is 0 Å². The summed E-state index contributed by atoms with van der Waals surface area (Å²) in [5, 5.41) is 7.46. The molecule has 0 aromatic carbocycles. The van der Waals surface area contributed by atoms with E-state index in [9.17, 15) is 4.79 Å². The molecule has 0 spiro atoms. The van der Waals surface area contributed by atoms with E-state index in [0.29, 0.717) is 6.54 Å². The van der Waals surface area contributed by atoms with Crippen LogP contribution in [0.1, 0.15) is 62.3 Å². The number of amides is 1. The summed E-state index contributed by atoms with van der Waals surface area (Å²) in [5.74, 6) is 0.135. The van der Waals surface area contributed by atoms with Crippen molar-refractivity contribution in [2.45, 2.75) is 65.0 Å². The van der Waals surface area contributed by atoms with Crippen LogP contribution in [0.3, 0.4) is 0 Å². The summed E-state index contributed by atoms with van der Waals surface area (Å²) in [6, 6.07) is 0.115. The molecule has 0 saturated carbocycles. The minimum Gasteiger partial charge on any atom is -0.332 e. The van der Waals surface area contributed by atoms with Crippen molar-refractivity contribution in [1.82, 2.24) is 19.7 Å². The summed E-state index contributed by atoms with van der Waals surface area (Å²) in [4.78, 5) is 19.7. The number of thiazole rings is 1. The number of piperidine rings is 1. The second-order valence-corrected chi connectivity index (χ2v) is 8.52. The van der Waals surface area contributed by atoms with E-state index in [2.05, 4.69) is 31.2 Å². The number of carbonyl (C=O) groups is 1. The van der Waals surface area contributed by atoms with Crippen molar-refractivity contribution in [2.24, 2.45) is 0 Å². The Kier molecular flexibility index (Phi) is 4.76. The second kappa shape index (κ2) is 6.67. The van der Waals surface area contributed by atoms with Gasteiger partial charge >= 0.3 is 0 Å². The van der Waals surface area contributed by atoms with Crippen molar-refractivity contribution in [1.29, 1.82) is 0 Å². The number of carbonyl (C=O) groups excluding carboxylic acids is 1. The number of aromatic nitrogens is 3. The molecule has 2 aromatic heterocycles. The third-order valence-corrected chi connectivity index (χ3v) is 5.40. The molecule has 0 bridgehead atoms. The lowest BCUT2D eigenvalue weighted by Crippen LogP contribution is -2.40. The summed E-state index contributed by atoms with van der Waals surface area (Å²) < 4.78 is 1.73. The minimum atomic E-state index is 0.0465. The molecule has 0 aliphatic carbocycles. The number of hydrogen-bond acceptors (Lipinski definition) is 4. The van der Waals surface area contributed by atoms with Gasteiger partial charge in [0, 0.05) is 23.5 Å². The average molecular weight is 346 g/mol. The third-order valence-electron chi connectivity index (χ3n) is 4.46. The van der Waals surface area contributed by atoms with Gasteiger partial charge in [0.15, 0.2) is 0 Å². The molecule has 3 rings (SSSR count). The Balaban J connectivity index is 1.78. The van der Waals surface area contributed by atoms with Crippen LogP contribution in [-0.2, 0) is 16.8 Å². The molecule has 1 aliphatic rings. The number of aryl methyl sites for hydroxylation is 1. The number of hydrogen-bond donors (Lipinski definition) is 0. The van der Waals surface area contributed by atoms with E-state index in [1.807, 2.05) is 18.0 Å². The number of nitrogens with zero attached hydrogens (tertiary/aromatic N) is 4. The Morgan fingerprint density at radius 2 is 2.17 bits per heavy atom. The fraction of sp³-hybridized carbons (Fsp3) is 0.611. The maximum Gasteiger partial charge on any atom is 0.244 e. The van der Waals surface area contributed by atoms with E-state index in [-0.39, 0.29) is 17.4 Å². The van der Waals surface area contributed by atoms with Gasteiger partial charge in [0.2, 0.25) is 5.91 Å². The summed E-state index contributed by atoms with van der Waals surface area (Å²) in [7, 11) is 0. The fourth-order valence-electron chi connectivity index (χ4n) is 3.05. The topological polar surface area (TPSA) is 51.0 Å². The molecule has 0 unspecified atom stereocenters. The SMILES string of the molecule is Cc1cnn(CC(=O)N2CCCC[C@@H]2c2nc(C(C)(C)C)cs2)c1. The predicted octanol–water partition coefficient (Wildman–Crippen LogP) is 3.70. The third kappa shape index (κ3) is 3.69. The lowest BCUT2D eigenvalue weighted by molar-refractivity contribution is -0.135. The van der Waals surface area contributed by atoms with Gasteiger partial charge in [0.05, 0.1) is 17.9 Å². The summed E-state index contributed by atoms with van der Waals surface area (Å²) in [6.45, 7) is 9.64. The van der Waals surface area contributed by atoms with Crippen LogP contribution in [0.2, 0.25) is 0 Å². The zero-order valence-electron chi connectivity index (χ0n) is 15.0. The highest BCUT2D eigenvalue weighted by Gasteiger charge is 2.31. The van der Waals surface area contributed by atoms with E-state index < -0.39 is 0 Å². The Bertz CT molecular complexity index is 713. The molecule has 1 saturated heterocycles. The first-order chi connectivity index (χ1) is 11.3. The molecule has 3 heterocycles. The van der Waals surface area contributed by atoms with Crippen molar-refractivity contribution >= 4 is 17.2 Å². The first-order valence-electron chi connectivity index (χ1n) is 8.59. The van der Waals surface area contributed by atoms with Gasteiger partial charge in [-0.3, -0.25) is 9.48 Å². The molecule has 24 heavy (non-hydrogen) atoms. The fourth-order valence-corrected chi connectivity index (χ4v) is 4.25. The lowest BCUT2D eigenvalue weighted by atomic mass is 9.93. The number of rotatable bonds is 3. The molecule has 1 amide bonds. The average Bonchev–Trinajstić information content (AvgIpc) is 3.16. The summed E-state index contributed by atoms with van der Waals surface area (Å²) in [5.41, 5.74) is 2.24. The van der Waals surface area contributed by atoms with Gasteiger partial charge in [-0.1, -0.05) is 20.8 Å². The molecule has 0 N–H and O–H groups in total. The highest BCUT2D eigenvalue weighted by molar-refractivity contribution is 7.09. The van der Waals surface area contributed by atoms with Gasteiger partial charge in [-0.05, 0) is 31.7 Å². The Hall–Kier alpha value is -1.69. The van der Waals surface area contributed by atoms with Crippen molar-refractivity contribution < 1.29 is 4.79 Å². The molecule has 2 aromatic rings. The highest BCUT2D eigenvalue weighted by atomic mass is 32.1. The van der Waals surface area contributed by atoms with Crippen molar-refractivity contribution in [3.8, 4) is 0 Å². The van der Waals surface area contributed by atoms with Gasteiger partial charge in [-0.15, -0.1) is 11.3 Å². The Morgan fingerprint density at radius 1 is 1.38 bits per heavy atom. The zero-order valence-corrected chi connectivity index (χ0v) is 15.8. The molecule has 1 aliphatic heterocycles. The van der Waals surface area contributed by atoms with Crippen molar-refractivity contribution in [3.63, 3.8) is 0 Å².